The van der Waals surface area contributed by atoms with E-state index in [9.17, 15) is 4.79 Å². The molecule has 0 spiro atoms. The van der Waals surface area contributed by atoms with Crippen LogP contribution in [-0.4, -0.2) is 51.9 Å². The molecule has 2 aromatic rings. The average Bonchev–Trinajstić information content (AvgIpc) is 3.34. The molecule has 0 radical (unpaired) electrons. The summed E-state index contributed by atoms with van der Waals surface area (Å²) < 4.78 is 12.7. The largest absolute Gasteiger partial charge is 0.496 e. The molecule has 1 aromatic heterocycles. The highest BCUT2D eigenvalue weighted by Gasteiger charge is 2.27. The molecular weight excluding hydrogens is 320 g/mol. The van der Waals surface area contributed by atoms with Crippen LogP contribution in [0, 0.1) is 0 Å². The molecule has 1 aliphatic rings. The van der Waals surface area contributed by atoms with Gasteiger partial charge in [0.1, 0.15) is 24.4 Å². The van der Waals surface area contributed by atoms with Gasteiger partial charge in [-0.3, -0.25) is 4.79 Å². The van der Waals surface area contributed by atoms with Crippen LogP contribution in [0.3, 0.4) is 0 Å². The molecule has 2 atom stereocenters. The van der Waals surface area contributed by atoms with Gasteiger partial charge in [0.25, 0.3) is 0 Å². The van der Waals surface area contributed by atoms with E-state index in [0.717, 1.165) is 30.8 Å². The van der Waals surface area contributed by atoms with E-state index in [1.807, 2.05) is 36.1 Å². The molecule has 25 heavy (non-hydrogen) atoms. The SMILES string of the molecule is COc1ccccc1CN(C[C@@H]1CCCO1)C(=O)[C@H](C)n1cncn1. The number of aromatic nitrogens is 3. The van der Waals surface area contributed by atoms with Gasteiger partial charge in [0.2, 0.25) is 5.91 Å². The second-order valence-corrected chi connectivity index (χ2v) is 6.22. The number of nitrogens with zero attached hydrogens (tertiary/aromatic N) is 4. The zero-order chi connectivity index (χ0) is 17.6. The van der Waals surface area contributed by atoms with Crippen LogP contribution in [0.5, 0.6) is 5.75 Å². The van der Waals surface area contributed by atoms with Gasteiger partial charge in [-0.25, -0.2) is 9.67 Å². The fraction of sp³-hybridized carbons (Fsp3) is 0.500. The van der Waals surface area contributed by atoms with E-state index in [0.29, 0.717) is 13.1 Å². The van der Waals surface area contributed by atoms with E-state index in [-0.39, 0.29) is 12.0 Å². The Labute approximate surface area is 147 Å². The number of benzene rings is 1. The summed E-state index contributed by atoms with van der Waals surface area (Å²) in [5.74, 6) is 0.771. The number of para-hydroxylation sites is 1. The number of ether oxygens (including phenoxy) is 2. The molecule has 1 fully saturated rings. The van der Waals surface area contributed by atoms with Gasteiger partial charge >= 0.3 is 0 Å². The summed E-state index contributed by atoms with van der Waals surface area (Å²) in [6.45, 7) is 3.64. The minimum Gasteiger partial charge on any atom is -0.496 e. The Morgan fingerprint density at radius 3 is 3.00 bits per heavy atom. The monoisotopic (exact) mass is 344 g/mol. The van der Waals surface area contributed by atoms with Crippen molar-refractivity contribution < 1.29 is 14.3 Å². The lowest BCUT2D eigenvalue weighted by Gasteiger charge is -2.28. The fourth-order valence-electron chi connectivity index (χ4n) is 3.10. The van der Waals surface area contributed by atoms with Crippen molar-refractivity contribution in [1.29, 1.82) is 0 Å². The maximum Gasteiger partial charge on any atom is 0.247 e. The Balaban J connectivity index is 1.79. The Morgan fingerprint density at radius 1 is 1.48 bits per heavy atom. The zero-order valence-corrected chi connectivity index (χ0v) is 14.7. The van der Waals surface area contributed by atoms with Crippen LogP contribution in [0.15, 0.2) is 36.9 Å². The molecule has 0 unspecified atom stereocenters. The van der Waals surface area contributed by atoms with Crippen LogP contribution in [0.2, 0.25) is 0 Å². The van der Waals surface area contributed by atoms with Gasteiger partial charge in [0.05, 0.1) is 13.2 Å². The molecule has 1 amide bonds. The molecule has 0 bridgehead atoms. The molecule has 1 saturated heterocycles. The Bertz CT molecular complexity index is 683. The second-order valence-electron chi connectivity index (χ2n) is 6.22. The van der Waals surface area contributed by atoms with Crippen molar-refractivity contribution >= 4 is 5.91 Å². The number of methoxy groups -OCH3 is 1. The Morgan fingerprint density at radius 2 is 2.32 bits per heavy atom. The molecule has 3 rings (SSSR count). The van der Waals surface area contributed by atoms with E-state index in [2.05, 4.69) is 10.1 Å². The maximum absolute atomic E-state index is 13.1. The molecule has 1 aliphatic heterocycles. The van der Waals surface area contributed by atoms with Crippen molar-refractivity contribution in [2.24, 2.45) is 0 Å². The van der Waals surface area contributed by atoms with Crippen LogP contribution >= 0.6 is 0 Å². The van der Waals surface area contributed by atoms with Gasteiger partial charge in [0, 0.05) is 25.3 Å². The highest BCUT2D eigenvalue weighted by molar-refractivity contribution is 5.80. The summed E-state index contributed by atoms with van der Waals surface area (Å²) in [6, 6.07) is 7.35. The van der Waals surface area contributed by atoms with Crippen LogP contribution in [0.4, 0.5) is 0 Å². The zero-order valence-electron chi connectivity index (χ0n) is 14.7. The van der Waals surface area contributed by atoms with E-state index in [1.54, 1.807) is 18.1 Å². The minimum atomic E-state index is -0.418. The van der Waals surface area contributed by atoms with E-state index in [1.165, 1.54) is 6.33 Å². The molecule has 2 heterocycles. The summed E-state index contributed by atoms with van der Waals surface area (Å²) in [6.07, 6.45) is 5.11. The van der Waals surface area contributed by atoms with E-state index >= 15 is 0 Å². The smallest absolute Gasteiger partial charge is 0.247 e. The van der Waals surface area contributed by atoms with Gasteiger partial charge in [-0.1, -0.05) is 18.2 Å². The summed E-state index contributed by atoms with van der Waals surface area (Å²) in [5.41, 5.74) is 0.974. The molecule has 134 valence electrons. The van der Waals surface area contributed by atoms with Crippen molar-refractivity contribution in [2.75, 3.05) is 20.3 Å². The quantitative estimate of drug-likeness (QED) is 0.769. The molecular formula is C18H24N4O3. The first kappa shape index (κ1) is 17.4. The molecule has 7 heteroatoms. The average molecular weight is 344 g/mol. The van der Waals surface area contributed by atoms with Gasteiger partial charge in [0.15, 0.2) is 0 Å². The van der Waals surface area contributed by atoms with Crippen LogP contribution in [-0.2, 0) is 16.1 Å². The lowest BCUT2D eigenvalue weighted by Crippen LogP contribution is -2.40. The van der Waals surface area contributed by atoms with Crippen molar-refractivity contribution in [3.8, 4) is 5.75 Å². The first-order valence-electron chi connectivity index (χ1n) is 8.55. The Kier molecular flexibility index (Phi) is 5.65. The number of rotatable bonds is 7. The highest BCUT2D eigenvalue weighted by Crippen LogP contribution is 2.23. The summed E-state index contributed by atoms with van der Waals surface area (Å²) in [5, 5.41) is 4.09. The molecule has 0 aliphatic carbocycles. The van der Waals surface area contributed by atoms with Crippen molar-refractivity contribution in [1.82, 2.24) is 19.7 Å². The minimum absolute atomic E-state index is 0.00749. The van der Waals surface area contributed by atoms with Gasteiger partial charge in [-0.05, 0) is 25.8 Å². The van der Waals surface area contributed by atoms with Gasteiger partial charge < -0.3 is 14.4 Å². The molecule has 0 N–H and O–H groups in total. The molecule has 1 aromatic carbocycles. The van der Waals surface area contributed by atoms with Crippen molar-refractivity contribution in [3.05, 3.63) is 42.5 Å². The lowest BCUT2D eigenvalue weighted by atomic mass is 10.1. The predicted molar refractivity (Wildman–Crippen MR) is 92.1 cm³/mol. The van der Waals surface area contributed by atoms with Crippen LogP contribution in [0.1, 0.15) is 31.4 Å². The summed E-state index contributed by atoms with van der Waals surface area (Å²) in [7, 11) is 1.64. The topological polar surface area (TPSA) is 69.5 Å². The van der Waals surface area contributed by atoms with E-state index in [4.69, 9.17) is 9.47 Å². The third-order valence-corrected chi connectivity index (χ3v) is 4.50. The number of hydrogen-bond acceptors (Lipinski definition) is 5. The maximum atomic E-state index is 13.1. The predicted octanol–water partition coefficient (Wildman–Crippen LogP) is 2.06. The molecule has 7 nitrogen and oxygen atoms in total. The highest BCUT2D eigenvalue weighted by atomic mass is 16.5. The van der Waals surface area contributed by atoms with E-state index < -0.39 is 6.04 Å². The lowest BCUT2D eigenvalue weighted by molar-refractivity contribution is -0.136. The van der Waals surface area contributed by atoms with Gasteiger partial charge in [-0.15, -0.1) is 0 Å². The second kappa shape index (κ2) is 8.11. The number of hydrogen-bond donors (Lipinski definition) is 0. The van der Waals surface area contributed by atoms with Crippen LogP contribution in [0.25, 0.3) is 0 Å². The first-order chi connectivity index (χ1) is 12.2. The Hall–Kier alpha value is -2.41. The normalized spacial score (nSPS) is 18.1. The van der Waals surface area contributed by atoms with Crippen LogP contribution < -0.4 is 4.74 Å². The third kappa shape index (κ3) is 4.17. The van der Waals surface area contributed by atoms with Crippen molar-refractivity contribution in [3.63, 3.8) is 0 Å². The number of carbonyl (C=O) groups is 1. The third-order valence-electron chi connectivity index (χ3n) is 4.50. The number of carbonyl (C=O) groups excluding carboxylic acids is 1. The standard InChI is InChI=1S/C18H24N4O3/c1-14(22-13-19-12-20-22)18(23)21(11-16-7-5-9-25-16)10-15-6-3-4-8-17(15)24-2/h3-4,6,8,12-14,16H,5,7,9-11H2,1-2H3/t14-,16-/m0/s1. The fourth-order valence-corrected chi connectivity index (χ4v) is 3.10. The van der Waals surface area contributed by atoms with Crippen molar-refractivity contribution in [2.45, 2.75) is 38.5 Å². The van der Waals surface area contributed by atoms with Gasteiger partial charge in [-0.2, -0.15) is 5.10 Å². The number of amides is 1. The molecule has 0 saturated carbocycles. The first-order valence-corrected chi connectivity index (χ1v) is 8.55. The summed E-state index contributed by atoms with van der Waals surface area (Å²) >= 11 is 0. The summed E-state index contributed by atoms with van der Waals surface area (Å²) in [4.78, 5) is 18.8.